The minimum atomic E-state index is -0.124. The second-order valence-electron chi connectivity index (χ2n) is 3.99. The van der Waals surface area contributed by atoms with Crippen LogP contribution in [0, 0.1) is 0 Å². The first-order valence-electron chi connectivity index (χ1n) is 5.85. The van der Waals surface area contributed by atoms with E-state index < -0.39 is 0 Å². The van der Waals surface area contributed by atoms with Crippen LogP contribution in [0.3, 0.4) is 0 Å². The zero-order valence-electron chi connectivity index (χ0n) is 10.3. The Kier molecular flexibility index (Phi) is 3.24. The molecule has 1 unspecified atom stereocenters. The van der Waals surface area contributed by atoms with Gasteiger partial charge in [-0.2, -0.15) is 5.11 Å². The Morgan fingerprint density at radius 3 is 2.89 bits per heavy atom. The Balaban J connectivity index is 1.82. The number of thiazole rings is 1. The predicted octanol–water partition coefficient (Wildman–Crippen LogP) is 3.93. The highest BCUT2D eigenvalue weighted by Gasteiger charge is 2.06. The fourth-order valence-corrected chi connectivity index (χ4v) is 2.42. The SMILES string of the molecule is CC(N=Nc1nc2ccccc2s1)c1cnccn1. The lowest BCUT2D eigenvalue weighted by molar-refractivity contribution is 0.728. The zero-order valence-corrected chi connectivity index (χ0v) is 11.1. The third kappa shape index (κ3) is 2.63. The molecule has 0 saturated carbocycles. The first-order chi connectivity index (χ1) is 9.33. The number of hydrogen-bond acceptors (Lipinski definition) is 6. The number of fused-ring (bicyclic) bond motifs is 1. The van der Waals surface area contributed by atoms with Crippen LogP contribution in [0.2, 0.25) is 0 Å². The molecule has 0 N–H and O–H groups in total. The van der Waals surface area contributed by atoms with Gasteiger partial charge in [0, 0.05) is 12.4 Å². The summed E-state index contributed by atoms with van der Waals surface area (Å²) in [4.78, 5) is 12.6. The third-order valence-electron chi connectivity index (χ3n) is 2.61. The summed E-state index contributed by atoms with van der Waals surface area (Å²) in [6.45, 7) is 1.93. The highest BCUT2D eigenvalue weighted by Crippen LogP contribution is 2.28. The van der Waals surface area contributed by atoms with Gasteiger partial charge < -0.3 is 0 Å². The van der Waals surface area contributed by atoms with Gasteiger partial charge in [-0.1, -0.05) is 23.5 Å². The number of benzene rings is 1. The molecule has 0 saturated heterocycles. The van der Waals surface area contributed by atoms with Crippen LogP contribution in [-0.4, -0.2) is 15.0 Å². The number of azo groups is 1. The van der Waals surface area contributed by atoms with Crippen LogP contribution in [0.4, 0.5) is 5.13 Å². The minimum absolute atomic E-state index is 0.124. The molecule has 19 heavy (non-hydrogen) atoms. The van der Waals surface area contributed by atoms with Gasteiger partial charge in [0.05, 0.1) is 22.1 Å². The van der Waals surface area contributed by atoms with Crippen molar-refractivity contribution in [2.45, 2.75) is 13.0 Å². The zero-order chi connectivity index (χ0) is 13.1. The van der Waals surface area contributed by atoms with Crippen molar-refractivity contribution < 1.29 is 0 Å². The van der Waals surface area contributed by atoms with E-state index in [1.165, 1.54) is 11.3 Å². The van der Waals surface area contributed by atoms with Crippen molar-refractivity contribution in [3.63, 3.8) is 0 Å². The predicted molar refractivity (Wildman–Crippen MR) is 74.6 cm³/mol. The van der Waals surface area contributed by atoms with Crippen LogP contribution in [-0.2, 0) is 0 Å². The molecule has 2 aromatic heterocycles. The topological polar surface area (TPSA) is 63.4 Å². The maximum atomic E-state index is 4.40. The van der Waals surface area contributed by atoms with E-state index in [1.807, 2.05) is 31.2 Å². The van der Waals surface area contributed by atoms with Crippen LogP contribution < -0.4 is 0 Å². The summed E-state index contributed by atoms with van der Waals surface area (Å²) in [6, 6.07) is 7.82. The van der Waals surface area contributed by atoms with E-state index in [1.54, 1.807) is 18.6 Å². The van der Waals surface area contributed by atoms with E-state index in [-0.39, 0.29) is 6.04 Å². The summed E-state index contributed by atoms with van der Waals surface area (Å²) < 4.78 is 1.11. The van der Waals surface area contributed by atoms with Gasteiger partial charge in [0.15, 0.2) is 0 Å². The van der Waals surface area contributed by atoms with Crippen LogP contribution >= 0.6 is 11.3 Å². The molecule has 0 bridgehead atoms. The van der Waals surface area contributed by atoms with E-state index >= 15 is 0 Å². The van der Waals surface area contributed by atoms with E-state index in [2.05, 4.69) is 25.2 Å². The number of aromatic nitrogens is 3. The van der Waals surface area contributed by atoms with Crippen LogP contribution in [0.1, 0.15) is 18.7 Å². The molecule has 0 aliphatic heterocycles. The Hall–Kier alpha value is -2.21. The first kappa shape index (κ1) is 11.9. The average Bonchev–Trinajstić information content (AvgIpc) is 2.88. The lowest BCUT2D eigenvalue weighted by Gasteiger charge is -2.01. The summed E-state index contributed by atoms with van der Waals surface area (Å²) in [5.74, 6) is 0. The van der Waals surface area contributed by atoms with E-state index in [4.69, 9.17) is 0 Å². The van der Waals surface area contributed by atoms with Crippen molar-refractivity contribution in [1.29, 1.82) is 0 Å². The molecule has 0 amide bonds. The number of hydrogen-bond donors (Lipinski definition) is 0. The number of rotatable bonds is 3. The van der Waals surface area contributed by atoms with Gasteiger partial charge >= 0.3 is 0 Å². The molecule has 0 spiro atoms. The van der Waals surface area contributed by atoms with E-state index in [0.29, 0.717) is 5.13 Å². The van der Waals surface area contributed by atoms with Gasteiger partial charge in [0.25, 0.3) is 0 Å². The van der Waals surface area contributed by atoms with Gasteiger partial charge in [-0.05, 0) is 19.1 Å². The number of nitrogens with zero attached hydrogens (tertiary/aromatic N) is 5. The van der Waals surface area contributed by atoms with Gasteiger partial charge in [-0.15, -0.1) is 5.11 Å². The standard InChI is InChI=1S/C13H11N5S/c1-9(11-8-14-6-7-15-11)17-18-13-16-10-4-2-3-5-12(10)19-13/h2-9H,1H3. The highest BCUT2D eigenvalue weighted by atomic mass is 32.1. The van der Waals surface area contributed by atoms with Crippen molar-refractivity contribution in [3.8, 4) is 0 Å². The van der Waals surface area contributed by atoms with Crippen LogP contribution in [0.5, 0.6) is 0 Å². The number of para-hydroxylation sites is 1. The smallest absolute Gasteiger partial charge is 0.230 e. The second kappa shape index (κ2) is 5.19. The summed E-state index contributed by atoms with van der Waals surface area (Å²) in [7, 11) is 0. The second-order valence-corrected chi connectivity index (χ2v) is 4.99. The highest BCUT2D eigenvalue weighted by molar-refractivity contribution is 7.21. The fraction of sp³-hybridized carbons (Fsp3) is 0.154. The molecular weight excluding hydrogens is 258 g/mol. The first-order valence-corrected chi connectivity index (χ1v) is 6.67. The largest absolute Gasteiger partial charge is 0.261 e. The third-order valence-corrected chi connectivity index (χ3v) is 3.53. The van der Waals surface area contributed by atoms with Crippen molar-refractivity contribution in [1.82, 2.24) is 15.0 Å². The van der Waals surface area contributed by atoms with Gasteiger partial charge in [0.2, 0.25) is 5.13 Å². The Labute approximate surface area is 114 Å². The molecule has 0 aliphatic rings. The molecule has 5 nitrogen and oxygen atoms in total. The van der Waals surface area contributed by atoms with Crippen LogP contribution in [0.15, 0.2) is 53.1 Å². The molecule has 3 rings (SSSR count). The van der Waals surface area contributed by atoms with E-state index in [0.717, 1.165) is 15.9 Å². The molecule has 0 radical (unpaired) electrons. The molecule has 94 valence electrons. The molecule has 1 atom stereocenters. The normalized spacial score (nSPS) is 13.1. The fourth-order valence-electron chi connectivity index (χ4n) is 1.62. The summed E-state index contributed by atoms with van der Waals surface area (Å²) >= 11 is 1.53. The maximum Gasteiger partial charge on any atom is 0.230 e. The average molecular weight is 269 g/mol. The summed E-state index contributed by atoms with van der Waals surface area (Å²) in [5.41, 5.74) is 1.75. The molecule has 0 aliphatic carbocycles. The van der Waals surface area contributed by atoms with Crippen molar-refractivity contribution in [2.24, 2.45) is 10.2 Å². The van der Waals surface area contributed by atoms with Crippen molar-refractivity contribution >= 4 is 26.7 Å². The molecule has 6 heteroatoms. The Morgan fingerprint density at radius 2 is 2.11 bits per heavy atom. The Morgan fingerprint density at radius 1 is 1.21 bits per heavy atom. The molecule has 2 heterocycles. The summed E-state index contributed by atoms with van der Waals surface area (Å²) in [6.07, 6.45) is 4.99. The van der Waals surface area contributed by atoms with Crippen molar-refractivity contribution in [2.75, 3.05) is 0 Å². The maximum absolute atomic E-state index is 4.40. The lowest BCUT2D eigenvalue weighted by Crippen LogP contribution is -1.93. The van der Waals surface area contributed by atoms with Gasteiger partial charge in [-0.25, -0.2) is 4.98 Å². The van der Waals surface area contributed by atoms with Crippen LogP contribution in [0.25, 0.3) is 10.2 Å². The molecular formula is C13H11N5S. The van der Waals surface area contributed by atoms with E-state index in [9.17, 15) is 0 Å². The minimum Gasteiger partial charge on any atom is -0.261 e. The quantitative estimate of drug-likeness (QED) is 0.677. The Bertz CT molecular complexity index is 674. The van der Waals surface area contributed by atoms with Gasteiger partial charge in [-0.3, -0.25) is 9.97 Å². The van der Waals surface area contributed by atoms with Gasteiger partial charge in [0.1, 0.15) is 6.04 Å². The molecule has 0 fully saturated rings. The molecule has 1 aromatic carbocycles. The monoisotopic (exact) mass is 269 g/mol. The van der Waals surface area contributed by atoms with Crippen molar-refractivity contribution in [3.05, 3.63) is 48.5 Å². The lowest BCUT2D eigenvalue weighted by atomic mass is 10.3. The molecule has 3 aromatic rings. The summed E-state index contributed by atoms with van der Waals surface area (Å²) in [5, 5.41) is 9.08.